The number of nitrogens with one attached hydrogen (secondary N) is 1. The molecular formula is C15H30N2. The average molecular weight is 238 g/mol. The third kappa shape index (κ3) is 4.26. The van der Waals surface area contributed by atoms with Gasteiger partial charge in [-0.1, -0.05) is 26.7 Å². The van der Waals surface area contributed by atoms with Gasteiger partial charge in [-0.15, -0.1) is 0 Å². The maximum Gasteiger partial charge on any atom is 0.0192 e. The minimum atomic E-state index is 0.736. The van der Waals surface area contributed by atoms with Gasteiger partial charge in [-0.3, -0.25) is 0 Å². The Labute approximate surface area is 107 Å². The van der Waals surface area contributed by atoms with Crippen molar-refractivity contribution in [3.05, 3.63) is 0 Å². The van der Waals surface area contributed by atoms with Crippen LogP contribution in [-0.2, 0) is 0 Å². The monoisotopic (exact) mass is 238 g/mol. The first-order valence-electron chi connectivity index (χ1n) is 7.73. The largest absolute Gasteiger partial charge is 0.313 e. The second-order valence-electron chi connectivity index (χ2n) is 6.30. The van der Waals surface area contributed by atoms with Crippen LogP contribution in [0.5, 0.6) is 0 Å². The Morgan fingerprint density at radius 2 is 1.94 bits per heavy atom. The summed E-state index contributed by atoms with van der Waals surface area (Å²) < 4.78 is 0. The molecule has 2 rings (SSSR count). The Hall–Kier alpha value is -0.0800. The van der Waals surface area contributed by atoms with Crippen molar-refractivity contribution in [2.75, 3.05) is 26.2 Å². The van der Waals surface area contributed by atoms with Gasteiger partial charge in [0.1, 0.15) is 0 Å². The van der Waals surface area contributed by atoms with Gasteiger partial charge in [-0.05, 0) is 50.6 Å². The Morgan fingerprint density at radius 3 is 2.65 bits per heavy atom. The first-order valence-corrected chi connectivity index (χ1v) is 7.73. The van der Waals surface area contributed by atoms with Gasteiger partial charge in [-0.2, -0.15) is 0 Å². The number of hydrogen-bond acceptors (Lipinski definition) is 2. The van der Waals surface area contributed by atoms with Crippen LogP contribution in [0, 0.1) is 11.8 Å². The fourth-order valence-corrected chi connectivity index (χ4v) is 3.39. The molecule has 0 radical (unpaired) electrons. The van der Waals surface area contributed by atoms with Gasteiger partial charge in [0.25, 0.3) is 0 Å². The van der Waals surface area contributed by atoms with Crippen LogP contribution in [0.4, 0.5) is 0 Å². The second-order valence-corrected chi connectivity index (χ2v) is 6.30. The molecule has 2 nitrogen and oxygen atoms in total. The molecule has 1 unspecified atom stereocenters. The van der Waals surface area contributed by atoms with Gasteiger partial charge in [0, 0.05) is 19.1 Å². The lowest BCUT2D eigenvalue weighted by molar-refractivity contribution is 0.181. The highest BCUT2D eigenvalue weighted by Gasteiger charge is 2.22. The molecule has 2 fully saturated rings. The summed E-state index contributed by atoms with van der Waals surface area (Å²) in [6, 6.07) is 0.736. The van der Waals surface area contributed by atoms with Crippen molar-refractivity contribution in [3.63, 3.8) is 0 Å². The van der Waals surface area contributed by atoms with E-state index in [0.717, 1.165) is 17.9 Å². The smallest absolute Gasteiger partial charge is 0.0192 e. The summed E-state index contributed by atoms with van der Waals surface area (Å²) in [5, 5.41) is 3.66. The molecule has 0 amide bonds. The molecule has 2 aliphatic rings. The Kier molecular flexibility index (Phi) is 5.30. The minimum Gasteiger partial charge on any atom is -0.313 e. The van der Waals surface area contributed by atoms with Crippen molar-refractivity contribution in [1.29, 1.82) is 0 Å². The van der Waals surface area contributed by atoms with Crippen molar-refractivity contribution in [2.24, 2.45) is 11.8 Å². The second kappa shape index (κ2) is 6.75. The first-order chi connectivity index (χ1) is 8.28. The maximum atomic E-state index is 3.66. The van der Waals surface area contributed by atoms with Gasteiger partial charge in [-0.25, -0.2) is 0 Å². The van der Waals surface area contributed by atoms with Crippen molar-refractivity contribution >= 4 is 0 Å². The summed E-state index contributed by atoms with van der Waals surface area (Å²) in [6.07, 6.45) is 8.49. The molecule has 1 aliphatic heterocycles. The van der Waals surface area contributed by atoms with Crippen LogP contribution >= 0.6 is 0 Å². The highest BCUT2D eigenvalue weighted by molar-refractivity contribution is 4.79. The summed E-state index contributed by atoms with van der Waals surface area (Å²) in [6.45, 7) is 9.91. The van der Waals surface area contributed by atoms with Crippen molar-refractivity contribution < 1.29 is 0 Å². The van der Waals surface area contributed by atoms with Crippen LogP contribution < -0.4 is 5.32 Å². The molecule has 0 aromatic carbocycles. The maximum absolute atomic E-state index is 3.66. The fraction of sp³-hybridized carbons (Fsp3) is 1.00. The lowest BCUT2D eigenvalue weighted by atomic mass is 9.83. The molecule has 1 atom stereocenters. The highest BCUT2D eigenvalue weighted by atomic mass is 15.2. The van der Waals surface area contributed by atoms with E-state index in [1.165, 1.54) is 64.7 Å². The fourth-order valence-electron chi connectivity index (χ4n) is 3.39. The van der Waals surface area contributed by atoms with E-state index >= 15 is 0 Å². The predicted molar refractivity (Wildman–Crippen MR) is 74.3 cm³/mol. The summed E-state index contributed by atoms with van der Waals surface area (Å²) in [4.78, 5) is 2.73. The molecule has 1 saturated heterocycles. The average Bonchev–Trinajstić information content (AvgIpc) is 2.57. The lowest BCUT2D eigenvalue weighted by Crippen LogP contribution is -2.39. The normalized spacial score (nSPS) is 36.7. The number of nitrogens with zero attached hydrogens (tertiary/aromatic N) is 1. The van der Waals surface area contributed by atoms with Crippen LogP contribution in [0.1, 0.15) is 52.4 Å². The van der Waals surface area contributed by atoms with Crippen molar-refractivity contribution in [2.45, 2.75) is 58.4 Å². The molecule has 0 bridgehead atoms. The Bertz CT molecular complexity index is 209. The molecule has 17 heavy (non-hydrogen) atoms. The Balaban J connectivity index is 1.76. The quantitative estimate of drug-likeness (QED) is 0.813. The van der Waals surface area contributed by atoms with Gasteiger partial charge >= 0.3 is 0 Å². The highest BCUT2D eigenvalue weighted by Crippen LogP contribution is 2.29. The van der Waals surface area contributed by atoms with Crippen molar-refractivity contribution in [3.8, 4) is 0 Å². The van der Waals surface area contributed by atoms with Crippen molar-refractivity contribution in [1.82, 2.24) is 10.2 Å². The van der Waals surface area contributed by atoms with E-state index in [1.54, 1.807) is 0 Å². The van der Waals surface area contributed by atoms with E-state index in [0.29, 0.717) is 0 Å². The molecule has 0 aromatic rings. The van der Waals surface area contributed by atoms with E-state index in [2.05, 4.69) is 24.1 Å². The van der Waals surface area contributed by atoms with E-state index in [-0.39, 0.29) is 0 Å². The minimum absolute atomic E-state index is 0.736. The number of hydrogen-bond donors (Lipinski definition) is 1. The Morgan fingerprint density at radius 1 is 1.18 bits per heavy atom. The van der Waals surface area contributed by atoms with Crippen LogP contribution in [0.15, 0.2) is 0 Å². The zero-order valence-corrected chi connectivity index (χ0v) is 11.8. The molecule has 1 N–H and O–H groups in total. The zero-order chi connectivity index (χ0) is 12.1. The first kappa shape index (κ1) is 13.4. The summed E-state index contributed by atoms with van der Waals surface area (Å²) in [5.41, 5.74) is 0. The van der Waals surface area contributed by atoms with Gasteiger partial charge in [0.15, 0.2) is 0 Å². The molecule has 1 heterocycles. The molecule has 2 heteroatoms. The zero-order valence-electron chi connectivity index (χ0n) is 11.8. The standard InChI is InChI=1S/C15H30N2/c1-3-15-12-17(10-4-9-16-15)11-14-7-5-13(2)6-8-14/h13-16H,3-12H2,1-2H3. The van der Waals surface area contributed by atoms with E-state index < -0.39 is 0 Å². The molecule has 0 spiro atoms. The van der Waals surface area contributed by atoms with Gasteiger partial charge in [0.05, 0.1) is 0 Å². The molecule has 1 aliphatic carbocycles. The van der Waals surface area contributed by atoms with Crippen LogP contribution in [0.2, 0.25) is 0 Å². The summed E-state index contributed by atoms with van der Waals surface area (Å²) in [7, 11) is 0. The topological polar surface area (TPSA) is 15.3 Å². The van der Waals surface area contributed by atoms with Crippen LogP contribution in [0.3, 0.4) is 0 Å². The summed E-state index contributed by atoms with van der Waals surface area (Å²) >= 11 is 0. The van der Waals surface area contributed by atoms with E-state index in [4.69, 9.17) is 0 Å². The molecule has 100 valence electrons. The van der Waals surface area contributed by atoms with E-state index in [9.17, 15) is 0 Å². The van der Waals surface area contributed by atoms with Crippen LogP contribution in [0.25, 0.3) is 0 Å². The molecular weight excluding hydrogens is 208 g/mol. The van der Waals surface area contributed by atoms with Crippen LogP contribution in [-0.4, -0.2) is 37.1 Å². The van der Waals surface area contributed by atoms with Gasteiger partial charge < -0.3 is 10.2 Å². The SMILES string of the molecule is CCC1CN(CC2CCC(C)CC2)CCCN1. The third-order valence-corrected chi connectivity index (χ3v) is 4.71. The van der Waals surface area contributed by atoms with E-state index in [1.807, 2.05) is 0 Å². The predicted octanol–water partition coefficient (Wildman–Crippen LogP) is 2.89. The molecule has 1 saturated carbocycles. The van der Waals surface area contributed by atoms with Gasteiger partial charge in [0.2, 0.25) is 0 Å². The molecule has 0 aromatic heterocycles. The number of rotatable bonds is 3. The third-order valence-electron chi connectivity index (χ3n) is 4.71. The summed E-state index contributed by atoms with van der Waals surface area (Å²) in [5.74, 6) is 1.97. The lowest BCUT2D eigenvalue weighted by Gasteiger charge is -2.32.